The molecule has 1 unspecified atom stereocenters. The van der Waals surface area contributed by atoms with Gasteiger partial charge in [-0.3, -0.25) is 13.8 Å². The molecular weight excluding hydrogens is 452 g/mol. The third-order valence-corrected chi connectivity index (χ3v) is 6.66. The van der Waals surface area contributed by atoms with Crippen molar-refractivity contribution in [1.82, 2.24) is 18.9 Å². The van der Waals surface area contributed by atoms with E-state index in [1.54, 1.807) is 27.4 Å². The van der Waals surface area contributed by atoms with E-state index in [0.717, 1.165) is 36.2 Å². The number of amides is 1. The van der Waals surface area contributed by atoms with Gasteiger partial charge in [-0.05, 0) is 55.0 Å². The molecular formula is C25H23ClN6O2. The zero-order chi connectivity index (χ0) is 23.2. The minimum absolute atomic E-state index is 0.0399. The number of pyridine rings is 1. The van der Waals surface area contributed by atoms with Gasteiger partial charge in [0.2, 0.25) is 5.91 Å². The maximum atomic E-state index is 12.7. The van der Waals surface area contributed by atoms with Gasteiger partial charge in [-0.2, -0.15) is 0 Å². The number of halogens is 1. The molecule has 2 N–H and O–H groups in total. The normalized spacial score (nSPS) is 19.2. The second kappa shape index (κ2) is 8.29. The number of hydrogen-bond donors (Lipinski definition) is 2. The van der Waals surface area contributed by atoms with Crippen molar-refractivity contribution in [3.05, 3.63) is 87.8 Å². The van der Waals surface area contributed by atoms with Crippen LogP contribution in [0.3, 0.4) is 0 Å². The van der Waals surface area contributed by atoms with Gasteiger partial charge < -0.3 is 10.6 Å². The molecule has 2 saturated carbocycles. The highest BCUT2D eigenvalue weighted by molar-refractivity contribution is 6.30. The molecule has 6 rings (SSSR count). The molecule has 3 heterocycles. The second-order valence-electron chi connectivity index (χ2n) is 8.97. The molecule has 0 spiro atoms. The average molecular weight is 475 g/mol. The molecule has 3 aromatic heterocycles. The molecule has 2 atom stereocenters. The zero-order valence-corrected chi connectivity index (χ0v) is 19.1. The Morgan fingerprint density at radius 2 is 2.06 bits per heavy atom. The fraction of sp³-hybridized carbons (Fsp3) is 0.280. The Morgan fingerprint density at radius 3 is 2.88 bits per heavy atom. The van der Waals surface area contributed by atoms with E-state index in [1.807, 2.05) is 42.6 Å². The monoisotopic (exact) mass is 474 g/mol. The highest BCUT2D eigenvalue weighted by atomic mass is 35.5. The zero-order valence-electron chi connectivity index (χ0n) is 18.3. The Balaban J connectivity index is 1.10. The molecule has 34 heavy (non-hydrogen) atoms. The molecule has 9 heteroatoms. The quantitative estimate of drug-likeness (QED) is 0.418. The van der Waals surface area contributed by atoms with Crippen LogP contribution in [0.1, 0.15) is 42.5 Å². The van der Waals surface area contributed by atoms with Crippen LogP contribution < -0.4 is 16.3 Å². The summed E-state index contributed by atoms with van der Waals surface area (Å²) in [5.41, 5.74) is 3.24. The molecule has 0 aliphatic heterocycles. The molecule has 8 nitrogen and oxygen atoms in total. The van der Waals surface area contributed by atoms with Crippen molar-refractivity contribution in [3.63, 3.8) is 0 Å². The van der Waals surface area contributed by atoms with E-state index in [4.69, 9.17) is 11.6 Å². The summed E-state index contributed by atoms with van der Waals surface area (Å²) in [6.45, 7) is 0.446. The Morgan fingerprint density at radius 1 is 1.18 bits per heavy atom. The van der Waals surface area contributed by atoms with Gasteiger partial charge in [-0.15, -0.1) is 0 Å². The highest BCUT2D eigenvalue weighted by Gasteiger charge is 2.44. The third-order valence-electron chi connectivity index (χ3n) is 6.42. The molecule has 1 aromatic carbocycles. The van der Waals surface area contributed by atoms with Crippen LogP contribution in [0, 0.1) is 5.92 Å². The number of fused-ring (bicyclic) bond motifs is 1. The number of aromatic nitrogens is 4. The lowest BCUT2D eigenvalue weighted by Crippen LogP contribution is -2.24. The van der Waals surface area contributed by atoms with E-state index in [-0.39, 0.29) is 23.4 Å². The van der Waals surface area contributed by atoms with Gasteiger partial charge >= 0.3 is 5.69 Å². The number of nitrogens with zero attached hydrogens (tertiary/aromatic N) is 4. The molecule has 0 saturated heterocycles. The number of benzene rings is 1. The summed E-state index contributed by atoms with van der Waals surface area (Å²) in [6.07, 6.45) is 8.16. The van der Waals surface area contributed by atoms with E-state index in [9.17, 15) is 9.59 Å². The van der Waals surface area contributed by atoms with Crippen LogP contribution in [0.4, 0.5) is 11.5 Å². The van der Waals surface area contributed by atoms with Crippen molar-refractivity contribution in [2.24, 2.45) is 5.92 Å². The lowest BCUT2D eigenvalue weighted by atomic mass is 10.1. The Bertz CT molecular complexity index is 1460. The predicted octanol–water partition coefficient (Wildman–Crippen LogP) is 4.23. The SMILES string of the molecule is O=C(Nc1cc(NCc2cn3c(=O)n(C4CC4)ccc3n2)ccn1)[C@H]1CC1c1cccc(Cl)c1. The van der Waals surface area contributed by atoms with Crippen LogP contribution in [-0.4, -0.2) is 24.8 Å². The first-order valence-corrected chi connectivity index (χ1v) is 11.8. The van der Waals surface area contributed by atoms with Crippen LogP contribution in [0.5, 0.6) is 0 Å². The van der Waals surface area contributed by atoms with E-state index < -0.39 is 0 Å². The van der Waals surface area contributed by atoms with Crippen LogP contribution in [0.15, 0.2) is 65.8 Å². The van der Waals surface area contributed by atoms with Crippen molar-refractivity contribution in [2.75, 3.05) is 10.6 Å². The fourth-order valence-corrected chi connectivity index (χ4v) is 4.58. The van der Waals surface area contributed by atoms with Gasteiger partial charge in [0, 0.05) is 47.3 Å². The molecule has 172 valence electrons. The molecule has 2 aliphatic rings. The van der Waals surface area contributed by atoms with E-state index >= 15 is 0 Å². The predicted molar refractivity (Wildman–Crippen MR) is 130 cm³/mol. The van der Waals surface area contributed by atoms with Crippen molar-refractivity contribution in [2.45, 2.75) is 37.8 Å². The third kappa shape index (κ3) is 4.17. The number of imidazole rings is 1. The van der Waals surface area contributed by atoms with E-state index in [1.165, 1.54) is 0 Å². The van der Waals surface area contributed by atoms with Crippen LogP contribution in [0.25, 0.3) is 5.65 Å². The Labute approximate surface area is 200 Å². The molecule has 0 radical (unpaired) electrons. The number of hydrogen-bond acceptors (Lipinski definition) is 5. The van der Waals surface area contributed by atoms with Gasteiger partial charge in [-0.1, -0.05) is 23.7 Å². The molecule has 2 aliphatic carbocycles. The van der Waals surface area contributed by atoms with Crippen molar-refractivity contribution in [3.8, 4) is 0 Å². The summed E-state index contributed by atoms with van der Waals surface area (Å²) >= 11 is 6.08. The minimum atomic E-state index is -0.0745. The highest BCUT2D eigenvalue weighted by Crippen LogP contribution is 2.48. The first-order chi connectivity index (χ1) is 16.5. The number of nitrogens with one attached hydrogen (secondary N) is 2. The summed E-state index contributed by atoms with van der Waals surface area (Å²) in [7, 11) is 0. The van der Waals surface area contributed by atoms with Crippen molar-refractivity contribution in [1.29, 1.82) is 0 Å². The lowest BCUT2D eigenvalue weighted by molar-refractivity contribution is -0.117. The number of carbonyl (C=O) groups excluding carboxylic acids is 1. The van der Waals surface area contributed by atoms with Crippen molar-refractivity contribution >= 4 is 34.7 Å². The molecule has 4 aromatic rings. The van der Waals surface area contributed by atoms with Gasteiger partial charge in [-0.25, -0.2) is 14.8 Å². The molecule has 1 amide bonds. The summed E-state index contributed by atoms with van der Waals surface area (Å²) < 4.78 is 3.38. The minimum Gasteiger partial charge on any atom is -0.379 e. The van der Waals surface area contributed by atoms with Crippen LogP contribution >= 0.6 is 11.6 Å². The summed E-state index contributed by atoms with van der Waals surface area (Å²) in [5, 5.41) is 6.90. The largest absolute Gasteiger partial charge is 0.379 e. The van der Waals surface area contributed by atoms with Crippen LogP contribution in [-0.2, 0) is 11.3 Å². The van der Waals surface area contributed by atoms with Crippen molar-refractivity contribution < 1.29 is 4.79 Å². The average Bonchev–Trinajstić information content (AvgIpc) is 3.75. The summed E-state index contributed by atoms with van der Waals surface area (Å²) in [5.74, 6) is 0.574. The summed E-state index contributed by atoms with van der Waals surface area (Å²) in [4.78, 5) is 34.2. The summed E-state index contributed by atoms with van der Waals surface area (Å²) in [6, 6.07) is 13.5. The Hall–Kier alpha value is -3.65. The van der Waals surface area contributed by atoms with E-state index in [0.29, 0.717) is 29.1 Å². The van der Waals surface area contributed by atoms with Gasteiger partial charge in [0.25, 0.3) is 0 Å². The second-order valence-corrected chi connectivity index (χ2v) is 9.41. The number of rotatable bonds is 7. The Kier molecular flexibility index (Phi) is 5.10. The van der Waals surface area contributed by atoms with E-state index in [2.05, 4.69) is 20.6 Å². The first-order valence-electron chi connectivity index (χ1n) is 11.4. The number of carbonyl (C=O) groups is 1. The number of anilines is 2. The topological polar surface area (TPSA) is 93.3 Å². The first kappa shape index (κ1) is 20.9. The molecule has 0 bridgehead atoms. The lowest BCUT2D eigenvalue weighted by Gasteiger charge is -2.08. The fourth-order valence-electron chi connectivity index (χ4n) is 4.38. The maximum Gasteiger partial charge on any atom is 0.334 e. The standard InChI is InChI=1S/C25H23ClN6O2/c26-16-3-1-2-15(10-16)20-12-21(20)24(33)30-22-11-17(6-8-27-22)28-13-18-14-32-23(29-18)7-9-31(25(32)34)19-4-5-19/h1-3,6-11,14,19-21H,4-5,12-13H2,(H2,27,28,30,33)/t20?,21-/m0/s1. The van der Waals surface area contributed by atoms with Gasteiger partial charge in [0.05, 0.1) is 12.2 Å². The molecule has 2 fully saturated rings. The van der Waals surface area contributed by atoms with Crippen LogP contribution in [0.2, 0.25) is 5.02 Å². The van der Waals surface area contributed by atoms with Gasteiger partial charge in [0.1, 0.15) is 11.5 Å². The smallest absolute Gasteiger partial charge is 0.334 e. The maximum absolute atomic E-state index is 12.7. The van der Waals surface area contributed by atoms with Gasteiger partial charge in [0.15, 0.2) is 0 Å².